The molecule has 1 amide bonds. The Morgan fingerprint density at radius 1 is 0.968 bits per heavy atom. The second-order valence-electron chi connectivity index (χ2n) is 15.1. The number of hydrogen-bond donors (Lipinski definition) is 1. The smallest absolute Gasteiger partial charge is 0.411 e. The number of amides is 1. The summed E-state index contributed by atoms with van der Waals surface area (Å²) in [5.74, 6) is -1.12. The van der Waals surface area contributed by atoms with Gasteiger partial charge in [-0.3, -0.25) is 29.0 Å². The first-order chi connectivity index (χ1) is 30.2. The van der Waals surface area contributed by atoms with E-state index in [9.17, 15) is 32.3 Å². The van der Waals surface area contributed by atoms with Crippen molar-refractivity contribution in [3.8, 4) is 11.4 Å². The van der Waals surface area contributed by atoms with Gasteiger partial charge >= 0.3 is 17.8 Å². The third kappa shape index (κ3) is 9.81. The lowest BCUT2D eigenvalue weighted by Crippen LogP contribution is -2.53. The van der Waals surface area contributed by atoms with Crippen molar-refractivity contribution >= 4 is 39.4 Å². The van der Waals surface area contributed by atoms with Crippen LogP contribution in [-0.2, 0) is 29.5 Å². The Labute approximate surface area is 363 Å². The summed E-state index contributed by atoms with van der Waals surface area (Å²) in [6.45, 7) is 13.3. The molecule has 3 aromatic carbocycles. The Balaban J connectivity index is 0.00000326. The Kier molecular flexibility index (Phi) is 14.5. The molecule has 4 heterocycles. The zero-order chi connectivity index (χ0) is 45.6. The third-order valence-corrected chi connectivity index (χ3v) is 11.2. The largest absolute Gasteiger partial charge is 0.425 e. The van der Waals surface area contributed by atoms with Gasteiger partial charge in [0.1, 0.15) is 17.8 Å². The molecule has 0 saturated carbocycles. The van der Waals surface area contributed by atoms with Crippen molar-refractivity contribution in [3.05, 3.63) is 134 Å². The molecule has 1 aliphatic heterocycles. The van der Waals surface area contributed by atoms with Gasteiger partial charge < -0.3 is 19.7 Å². The van der Waals surface area contributed by atoms with Crippen LogP contribution in [0.3, 0.4) is 0 Å². The lowest BCUT2D eigenvalue weighted by atomic mass is 9.97. The topological polar surface area (TPSA) is 141 Å². The van der Waals surface area contributed by atoms with Gasteiger partial charge in [-0.15, -0.1) is 0 Å². The van der Waals surface area contributed by atoms with Gasteiger partial charge in [-0.05, 0) is 91.7 Å². The van der Waals surface area contributed by atoms with Gasteiger partial charge in [0.2, 0.25) is 0 Å². The summed E-state index contributed by atoms with van der Waals surface area (Å²) in [7, 11) is 1.54. The van der Waals surface area contributed by atoms with E-state index in [1.165, 1.54) is 46.3 Å². The normalized spacial score (nSPS) is 14.7. The van der Waals surface area contributed by atoms with E-state index in [1.54, 1.807) is 63.4 Å². The fraction of sp³-hybridized carbons (Fsp3) is 0.362. The molecular formula is C47H52F3N7O6. The number of morpholine rings is 1. The second-order valence-corrected chi connectivity index (χ2v) is 15.1. The van der Waals surface area contributed by atoms with Crippen molar-refractivity contribution in [2.75, 3.05) is 37.7 Å². The monoisotopic (exact) mass is 867 g/mol. The highest BCUT2D eigenvalue weighted by atomic mass is 19.4. The van der Waals surface area contributed by atoms with Crippen LogP contribution < -0.4 is 26.2 Å². The number of carbonyl (C=O) groups is 2. The summed E-state index contributed by atoms with van der Waals surface area (Å²) in [6.07, 6.45) is -0.191. The van der Waals surface area contributed by atoms with E-state index >= 15 is 0 Å². The number of nitrogens with zero attached hydrogens (tertiary/aromatic N) is 6. The maximum Gasteiger partial charge on any atom is 0.411 e. The first kappa shape index (κ1) is 46.1. The SMILES string of the molecule is CC.CCN(CC)Cc1cccc(OC(=O)[C@H](Cc2ccc(-n3c(=O)c4ccncc4n(C)c3=O)c3ncccc23)NC(=O)c2c(C)cc(N3CCOC[C@@H]3C(F)(F)F)cc2C)c1. The van der Waals surface area contributed by atoms with E-state index in [0.29, 0.717) is 45.3 Å². The van der Waals surface area contributed by atoms with Crippen molar-refractivity contribution in [2.45, 2.75) is 72.8 Å². The number of aryl methyl sites for hydroxylation is 3. The minimum absolute atomic E-state index is 0.0157. The maximum absolute atomic E-state index is 14.3. The van der Waals surface area contributed by atoms with Gasteiger partial charge in [-0.25, -0.2) is 14.2 Å². The number of ether oxygens (including phenoxy) is 2. The van der Waals surface area contributed by atoms with E-state index in [2.05, 4.69) is 34.0 Å². The van der Waals surface area contributed by atoms with Gasteiger partial charge in [0, 0.05) is 55.6 Å². The van der Waals surface area contributed by atoms with E-state index in [4.69, 9.17) is 9.47 Å². The Morgan fingerprint density at radius 3 is 2.40 bits per heavy atom. The zero-order valence-corrected chi connectivity index (χ0v) is 36.5. The number of benzene rings is 3. The molecular weight excluding hydrogens is 816 g/mol. The van der Waals surface area contributed by atoms with Crippen LogP contribution in [0.15, 0.2) is 94.9 Å². The van der Waals surface area contributed by atoms with Crippen molar-refractivity contribution in [1.29, 1.82) is 0 Å². The van der Waals surface area contributed by atoms with E-state index in [-0.39, 0.29) is 42.0 Å². The molecule has 2 atom stereocenters. The molecule has 1 N–H and O–H groups in total. The first-order valence-electron chi connectivity index (χ1n) is 21.0. The number of pyridine rings is 2. The lowest BCUT2D eigenvalue weighted by molar-refractivity contribution is -0.167. The zero-order valence-electron chi connectivity index (χ0n) is 36.5. The highest BCUT2D eigenvalue weighted by molar-refractivity contribution is 6.00. The van der Waals surface area contributed by atoms with Gasteiger partial charge in [0.25, 0.3) is 11.5 Å². The van der Waals surface area contributed by atoms with Crippen LogP contribution in [-0.4, -0.2) is 87.0 Å². The van der Waals surface area contributed by atoms with Gasteiger partial charge in [0.05, 0.1) is 41.5 Å². The van der Waals surface area contributed by atoms with Gasteiger partial charge in [-0.1, -0.05) is 52.0 Å². The van der Waals surface area contributed by atoms with E-state index in [0.717, 1.165) is 23.2 Å². The van der Waals surface area contributed by atoms with Crippen LogP contribution in [0.1, 0.15) is 60.3 Å². The second kappa shape index (κ2) is 19.8. The standard InChI is InChI=1S/C45H46F3N7O6.C2H6/c1-6-53(7-2)25-29-10-8-11-32(22-29)61-43(58)35(51-41(56)39-27(3)20-31(21-28(39)4)54-18-19-60-26-38(54)45(46,47)48)23-30-13-14-36(40-33(30)12-9-16-50-40)55-42(57)34-15-17-49-24-37(34)52(5)44(55)59;1-2/h8-17,20-22,24,35,38H,6-7,18-19,23,25-26H2,1-5H3,(H,51,56);1-2H3/t35-,38+;/m0./s1. The minimum Gasteiger partial charge on any atom is -0.425 e. The number of carbonyl (C=O) groups excluding carboxylic acids is 2. The summed E-state index contributed by atoms with van der Waals surface area (Å²) in [4.78, 5) is 68.1. The van der Waals surface area contributed by atoms with Crippen LogP contribution in [0.25, 0.3) is 27.5 Å². The highest BCUT2D eigenvalue weighted by Crippen LogP contribution is 2.33. The Bertz CT molecular complexity index is 2730. The molecule has 63 heavy (non-hydrogen) atoms. The predicted octanol–water partition coefficient (Wildman–Crippen LogP) is 6.83. The summed E-state index contributed by atoms with van der Waals surface area (Å²) in [6, 6.07) is 15.3. The van der Waals surface area contributed by atoms with Crippen LogP contribution in [0.2, 0.25) is 0 Å². The van der Waals surface area contributed by atoms with Crippen LogP contribution in [0, 0.1) is 13.8 Å². The summed E-state index contributed by atoms with van der Waals surface area (Å²) in [5.41, 5.74) is 2.51. The number of anilines is 1. The number of halogens is 3. The molecule has 1 aliphatic rings. The lowest BCUT2D eigenvalue weighted by Gasteiger charge is -2.38. The molecule has 16 heteroatoms. The van der Waals surface area contributed by atoms with E-state index in [1.807, 2.05) is 19.9 Å². The number of alkyl halides is 3. The molecule has 3 aromatic heterocycles. The third-order valence-electron chi connectivity index (χ3n) is 11.2. The van der Waals surface area contributed by atoms with Crippen molar-refractivity contribution in [3.63, 3.8) is 0 Å². The molecule has 0 aliphatic carbocycles. The fourth-order valence-corrected chi connectivity index (χ4v) is 7.97. The fourth-order valence-electron chi connectivity index (χ4n) is 7.97. The molecule has 13 nitrogen and oxygen atoms in total. The summed E-state index contributed by atoms with van der Waals surface area (Å²) in [5, 5.41) is 3.66. The van der Waals surface area contributed by atoms with Gasteiger partial charge in [0.15, 0.2) is 0 Å². The minimum atomic E-state index is -4.53. The number of fused-ring (bicyclic) bond motifs is 2. The molecule has 332 valence electrons. The number of esters is 1. The molecule has 6 aromatic rings. The maximum atomic E-state index is 14.3. The Hall–Kier alpha value is -6.39. The summed E-state index contributed by atoms with van der Waals surface area (Å²) >= 11 is 0. The number of nitrogens with one attached hydrogen (secondary N) is 1. The van der Waals surface area contributed by atoms with Gasteiger partial charge in [-0.2, -0.15) is 13.2 Å². The average Bonchev–Trinajstić information content (AvgIpc) is 3.28. The molecule has 7 rings (SSSR count). The van der Waals surface area contributed by atoms with E-state index < -0.39 is 48.0 Å². The molecule has 0 bridgehead atoms. The number of rotatable bonds is 12. The van der Waals surface area contributed by atoms with Crippen LogP contribution >= 0.6 is 0 Å². The molecule has 0 unspecified atom stereocenters. The van der Waals surface area contributed by atoms with Crippen molar-refractivity contribution in [2.24, 2.45) is 7.05 Å². The average molecular weight is 868 g/mol. The molecule has 1 fully saturated rings. The highest BCUT2D eigenvalue weighted by Gasteiger charge is 2.45. The molecule has 1 saturated heterocycles. The quantitative estimate of drug-likeness (QED) is 0.103. The number of hydrogen-bond acceptors (Lipinski definition) is 10. The first-order valence-corrected chi connectivity index (χ1v) is 21.0. The van der Waals surface area contributed by atoms with Crippen LogP contribution in [0.5, 0.6) is 5.75 Å². The predicted molar refractivity (Wildman–Crippen MR) is 237 cm³/mol. The molecule has 0 radical (unpaired) electrons. The number of aromatic nitrogens is 4. The van der Waals surface area contributed by atoms with Crippen molar-refractivity contribution < 1.29 is 32.2 Å². The van der Waals surface area contributed by atoms with Crippen molar-refractivity contribution in [1.82, 2.24) is 29.3 Å². The Morgan fingerprint density at radius 2 is 1.70 bits per heavy atom. The molecule has 0 spiro atoms. The van der Waals surface area contributed by atoms with Crippen LogP contribution in [0.4, 0.5) is 18.9 Å². The summed E-state index contributed by atoms with van der Waals surface area (Å²) < 4.78 is 55.5.